The fourth-order valence-corrected chi connectivity index (χ4v) is 2.95. The molecule has 4 nitrogen and oxygen atoms in total. The first kappa shape index (κ1) is 15.4. The van der Waals surface area contributed by atoms with Gasteiger partial charge in [-0.25, -0.2) is 0 Å². The average Bonchev–Trinajstić information content (AvgIpc) is 2.80. The van der Waals surface area contributed by atoms with Gasteiger partial charge >= 0.3 is 0 Å². The zero-order valence-corrected chi connectivity index (χ0v) is 12.4. The Hall–Kier alpha value is -0.940. The predicted octanol–water partition coefficient (Wildman–Crippen LogP) is 1.63. The highest BCUT2D eigenvalue weighted by atomic mass is 16.5. The average molecular weight is 279 g/mol. The van der Waals surface area contributed by atoms with Gasteiger partial charge in [0.1, 0.15) is 0 Å². The molecule has 0 amide bonds. The lowest BCUT2D eigenvalue weighted by atomic mass is 10.1. The van der Waals surface area contributed by atoms with Crippen LogP contribution >= 0.6 is 0 Å². The minimum absolute atomic E-state index is 0.152. The molecule has 0 aliphatic heterocycles. The van der Waals surface area contributed by atoms with Gasteiger partial charge in [0, 0.05) is 40.0 Å². The van der Waals surface area contributed by atoms with Crippen molar-refractivity contribution in [2.45, 2.75) is 25.0 Å². The van der Waals surface area contributed by atoms with Gasteiger partial charge in [0.25, 0.3) is 0 Å². The maximum atomic E-state index is 10.6. The standard InChI is InChI=1S/C16H25NO3/c1-19-10-5-8-17(9-11-20-2)15-12-13-6-3-4-7-14(13)16(15)18/h3-4,6-7,15-16,18H,5,8-12H2,1-2H3. The molecule has 0 saturated heterocycles. The lowest BCUT2D eigenvalue weighted by molar-refractivity contribution is 0.0384. The van der Waals surface area contributed by atoms with Crippen LogP contribution in [0, 0.1) is 0 Å². The van der Waals surface area contributed by atoms with Crippen LogP contribution in [0.3, 0.4) is 0 Å². The predicted molar refractivity (Wildman–Crippen MR) is 78.8 cm³/mol. The van der Waals surface area contributed by atoms with Crippen LogP contribution in [0.1, 0.15) is 23.7 Å². The monoisotopic (exact) mass is 279 g/mol. The van der Waals surface area contributed by atoms with Crippen LogP contribution in [0.25, 0.3) is 0 Å². The second-order valence-corrected chi connectivity index (χ2v) is 5.29. The van der Waals surface area contributed by atoms with Gasteiger partial charge in [0.15, 0.2) is 0 Å². The topological polar surface area (TPSA) is 41.9 Å². The van der Waals surface area contributed by atoms with Gasteiger partial charge in [-0.05, 0) is 24.0 Å². The molecule has 0 aromatic heterocycles. The number of aliphatic hydroxyl groups excluding tert-OH is 1. The van der Waals surface area contributed by atoms with E-state index in [9.17, 15) is 5.11 Å². The summed E-state index contributed by atoms with van der Waals surface area (Å²) in [6.45, 7) is 3.20. The number of aliphatic hydroxyl groups is 1. The van der Waals surface area contributed by atoms with Gasteiger partial charge in [-0.3, -0.25) is 4.90 Å². The summed E-state index contributed by atoms with van der Waals surface area (Å²) in [4.78, 5) is 2.33. The molecule has 2 rings (SSSR count). The molecule has 0 radical (unpaired) electrons. The van der Waals surface area contributed by atoms with Gasteiger partial charge in [-0.1, -0.05) is 24.3 Å². The van der Waals surface area contributed by atoms with Crippen LogP contribution in [0.2, 0.25) is 0 Å². The first-order chi connectivity index (χ1) is 9.77. The molecule has 4 heteroatoms. The highest BCUT2D eigenvalue weighted by Crippen LogP contribution is 2.34. The van der Waals surface area contributed by atoms with Crippen molar-refractivity contribution in [1.82, 2.24) is 4.90 Å². The molecule has 20 heavy (non-hydrogen) atoms. The summed E-state index contributed by atoms with van der Waals surface area (Å²) in [5.41, 5.74) is 2.34. The summed E-state index contributed by atoms with van der Waals surface area (Å²) in [6, 6.07) is 8.33. The first-order valence-electron chi connectivity index (χ1n) is 7.25. The van der Waals surface area contributed by atoms with Crippen LogP contribution in [-0.4, -0.2) is 56.6 Å². The summed E-state index contributed by atoms with van der Waals surface area (Å²) >= 11 is 0. The Morgan fingerprint density at radius 1 is 1.15 bits per heavy atom. The summed E-state index contributed by atoms with van der Waals surface area (Å²) in [5.74, 6) is 0. The lowest BCUT2D eigenvalue weighted by Crippen LogP contribution is -2.41. The number of hydrogen-bond donors (Lipinski definition) is 1. The van der Waals surface area contributed by atoms with Gasteiger partial charge in [-0.15, -0.1) is 0 Å². The number of benzene rings is 1. The Morgan fingerprint density at radius 3 is 2.60 bits per heavy atom. The Bertz CT molecular complexity index is 410. The van der Waals surface area contributed by atoms with E-state index in [4.69, 9.17) is 9.47 Å². The van der Waals surface area contributed by atoms with E-state index in [-0.39, 0.29) is 6.04 Å². The number of hydrogen-bond acceptors (Lipinski definition) is 4. The smallest absolute Gasteiger partial charge is 0.0951 e. The first-order valence-corrected chi connectivity index (χ1v) is 7.25. The van der Waals surface area contributed by atoms with Crippen LogP contribution in [0.4, 0.5) is 0 Å². The summed E-state index contributed by atoms with van der Waals surface area (Å²) in [5, 5.41) is 10.6. The molecule has 112 valence electrons. The van der Waals surface area contributed by atoms with Crippen LogP contribution in [0.5, 0.6) is 0 Å². The molecule has 2 atom stereocenters. The molecule has 2 unspecified atom stereocenters. The van der Waals surface area contributed by atoms with Crippen molar-refractivity contribution >= 4 is 0 Å². The Labute approximate surface area is 121 Å². The largest absolute Gasteiger partial charge is 0.387 e. The van der Waals surface area contributed by atoms with E-state index in [1.807, 2.05) is 18.2 Å². The third kappa shape index (κ3) is 3.58. The molecule has 1 aromatic carbocycles. The van der Waals surface area contributed by atoms with Crippen LogP contribution < -0.4 is 0 Å². The van der Waals surface area contributed by atoms with Crippen molar-refractivity contribution in [2.24, 2.45) is 0 Å². The number of methoxy groups -OCH3 is 2. The zero-order valence-electron chi connectivity index (χ0n) is 12.4. The van der Waals surface area contributed by atoms with Gasteiger partial charge in [0.2, 0.25) is 0 Å². The molecule has 1 aromatic rings. The fraction of sp³-hybridized carbons (Fsp3) is 0.625. The van der Waals surface area contributed by atoms with Gasteiger partial charge in [0.05, 0.1) is 12.7 Å². The van der Waals surface area contributed by atoms with Crippen molar-refractivity contribution in [3.05, 3.63) is 35.4 Å². The van der Waals surface area contributed by atoms with Crippen molar-refractivity contribution in [3.8, 4) is 0 Å². The molecular weight excluding hydrogens is 254 g/mol. The Kier molecular flexibility index (Phi) is 5.98. The maximum absolute atomic E-state index is 10.6. The third-order valence-electron chi connectivity index (χ3n) is 4.01. The number of fused-ring (bicyclic) bond motifs is 1. The molecule has 0 heterocycles. The minimum Gasteiger partial charge on any atom is -0.387 e. The van der Waals surface area contributed by atoms with Crippen molar-refractivity contribution in [2.75, 3.05) is 40.5 Å². The van der Waals surface area contributed by atoms with E-state index in [1.165, 1.54) is 5.56 Å². The van der Waals surface area contributed by atoms with Crippen LogP contribution in [-0.2, 0) is 15.9 Å². The van der Waals surface area contributed by atoms with E-state index in [0.717, 1.165) is 38.1 Å². The van der Waals surface area contributed by atoms with E-state index in [0.29, 0.717) is 6.61 Å². The lowest BCUT2D eigenvalue weighted by Gasteiger charge is -2.31. The second kappa shape index (κ2) is 7.74. The zero-order chi connectivity index (χ0) is 14.4. The molecule has 0 bridgehead atoms. The highest BCUT2D eigenvalue weighted by Gasteiger charge is 2.34. The van der Waals surface area contributed by atoms with E-state index in [2.05, 4.69) is 11.0 Å². The minimum atomic E-state index is -0.398. The van der Waals surface area contributed by atoms with Crippen molar-refractivity contribution < 1.29 is 14.6 Å². The Morgan fingerprint density at radius 2 is 1.90 bits per heavy atom. The highest BCUT2D eigenvalue weighted by molar-refractivity contribution is 5.35. The molecule has 1 N–H and O–H groups in total. The quantitative estimate of drug-likeness (QED) is 0.734. The summed E-state index contributed by atoms with van der Waals surface area (Å²) in [6.07, 6.45) is 1.49. The number of nitrogens with zero attached hydrogens (tertiary/aromatic N) is 1. The molecule has 0 saturated carbocycles. The Balaban J connectivity index is 2.02. The van der Waals surface area contributed by atoms with E-state index >= 15 is 0 Å². The summed E-state index contributed by atoms with van der Waals surface area (Å²) < 4.78 is 10.3. The van der Waals surface area contributed by atoms with Crippen molar-refractivity contribution in [3.63, 3.8) is 0 Å². The molecular formula is C16H25NO3. The SMILES string of the molecule is COCCCN(CCOC)C1Cc2ccccc2C1O. The molecule has 0 fully saturated rings. The number of ether oxygens (including phenoxy) is 2. The van der Waals surface area contributed by atoms with Crippen LogP contribution in [0.15, 0.2) is 24.3 Å². The summed E-state index contributed by atoms with van der Waals surface area (Å²) in [7, 11) is 3.44. The van der Waals surface area contributed by atoms with Gasteiger partial charge < -0.3 is 14.6 Å². The van der Waals surface area contributed by atoms with Gasteiger partial charge in [-0.2, -0.15) is 0 Å². The molecule has 1 aliphatic carbocycles. The molecule has 0 spiro atoms. The fourth-order valence-electron chi connectivity index (χ4n) is 2.95. The normalized spacial score (nSPS) is 21.4. The molecule has 1 aliphatic rings. The van der Waals surface area contributed by atoms with E-state index in [1.54, 1.807) is 14.2 Å². The second-order valence-electron chi connectivity index (χ2n) is 5.29. The van der Waals surface area contributed by atoms with E-state index < -0.39 is 6.10 Å². The third-order valence-corrected chi connectivity index (χ3v) is 4.01. The van der Waals surface area contributed by atoms with Crippen molar-refractivity contribution in [1.29, 1.82) is 0 Å². The number of rotatable bonds is 8. The maximum Gasteiger partial charge on any atom is 0.0951 e.